The minimum Gasteiger partial charge on any atom is -0.353 e. The Bertz CT molecular complexity index is 1430. The molecule has 5 rings (SSSR count). The highest BCUT2D eigenvalue weighted by atomic mass is 32.2. The highest BCUT2D eigenvalue weighted by Gasteiger charge is 2.32. The molecule has 4 aromatic rings. The van der Waals surface area contributed by atoms with Crippen LogP contribution in [0.3, 0.4) is 0 Å². The molecule has 0 amide bonds. The van der Waals surface area contributed by atoms with E-state index >= 15 is 0 Å². The van der Waals surface area contributed by atoms with Crippen molar-refractivity contribution in [2.75, 3.05) is 31.1 Å². The summed E-state index contributed by atoms with van der Waals surface area (Å²) in [6, 6.07) is 12.4. The lowest BCUT2D eigenvalue weighted by Crippen LogP contribution is -2.49. The average Bonchev–Trinajstić information content (AvgIpc) is 3.24. The molecule has 2 aromatic heterocycles. The summed E-state index contributed by atoms with van der Waals surface area (Å²) in [7, 11) is -4.15. The van der Waals surface area contributed by atoms with Crippen LogP contribution in [0.1, 0.15) is 5.82 Å². The zero-order chi connectivity index (χ0) is 23.2. The van der Waals surface area contributed by atoms with Gasteiger partial charge in [-0.15, -0.1) is 11.3 Å². The van der Waals surface area contributed by atoms with Gasteiger partial charge in [-0.05, 0) is 30.7 Å². The Balaban J connectivity index is 1.47. The molecule has 170 valence electrons. The van der Waals surface area contributed by atoms with Gasteiger partial charge in [0, 0.05) is 37.1 Å². The summed E-state index contributed by atoms with van der Waals surface area (Å²) in [6.07, 6.45) is 0. The van der Waals surface area contributed by atoms with Crippen LogP contribution in [0.25, 0.3) is 21.3 Å². The number of anilines is 1. The molecule has 0 atom stereocenters. The highest BCUT2D eigenvalue weighted by Crippen LogP contribution is 2.38. The molecule has 1 saturated heterocycles. The van der Waals surface area contributed by atoms with Crippen LogP contribution >= 0.6 is 11.3 Å². The number of halogens is 2. The maximum absolute atomic E-state index is 14.2. The fourth-order valence-corrected chi connectivity index (χ4v) is 6.53. The number of fused-ring (bicyclic) bond motifs is 1. The lowest BCUT2D eigenvalue weighted by Gasteiger charge is -2.35. The Hall–Kier alpha value is -2.95. The van der Waals surface area contributed by atoms with Gasteiger partial charge in [0.2, 0.25) is 10.0 Å². The molecular formula is C23H20F2N4O2S2. The van der Waals surface area contributed by atoms with Crippen LogP contribution in [0.5, 0.6) is 0 Å². The molecular weight excluding hydrogens is 466 g/mol. The first kappa shape index (κ1) is 21.9. The molecule has 3 heterocycles. The second-order valence-corrected chi connectivity index (χ2v) is 10.5. The fraction of sp³-hybridized carbons (Fsp3) is 0.217. The van der Waals surface area contributed by atoms with Crippen molar-refractivity contribution in [3.8, 4) is 11.1 Å². The summed E-state index contributed by atoms with van der Waals surface area (Å²) in [6.45, 7) is 2.83. The maximum atomic E-state index is 14.2. The van der Waals surface area contributed by atoms with E-state index in [1.165, 1.54) is 4.31 Å². The van der Waals surface area contributed by atoms with E-state index in [0.29, 0.717) is 18.9 Å². The lowest BCUT2D eigenvalue weighted by atomic mass is 10.1. The number of piperazine rings is 1. The summed E-state index contributed by atoms with van der Waals surface area (Å²) in [5.41, 5.74) is 2.09. The van der Waals surface area contributed by atoms with Gasteiger partial charge in [-0.2, -0.15) is 4.31 Å². The number of hydrogen-bond acceptors (Lipinski definition) is 6. The van der Waals surface area contributed by atoms with E-state index in [4.69, 9.17) is 4.98 Å². The van der Waals surface area contributed by atoms with Gasteiger partial charge in [0.1, 0.15) is 33.0 Å². The van der Waals surface area contributed by atoms with E-state index in [1.807, 2.05) is 42.2 Å². The fourth-order valence-electron chi connectivity index (χ4n) is 4.04. The molecule has 0 radical (unpaired) electrons. The molecule has 0 N–H and O–H groups in total. The van der Waals surface area contributed by atoms with Gasteiger partial charge in [-0.3, -0.25) is 0 Å². The van der Waals surface area contributed by atoms with Crippen LogP contribution in [0.15, 0.2) is 58.8 Å². The smallest absolute Gasteiger partial charge is 0.246 e. The summed E-state index contributed by atoms with van der Waals surface area (Å²) in [4.78, 5) is 11.5. The molecule has 33 heavy (non-hydrogen) atoms. The first-order chi connectivity index (χ1) is 15.8. The third-order valence-electron chi connectivity index (χ3n) is 5.66. The Labute approximate surface area is 194 Å². The Morgan fingerprint density at radius 2 is 1.70 bits per heavy atom. The van der Waals surface area contributed by atoms with Crippen molar-refractivity contribution >= 4 is 37.4 Å². The standard InChI is InChI=1S/C23H20F2N4O2S2/c1-15-26-22(21-18(14-32-23(21)27-15)16-5-3-2-4-6-16)28-9-11-29(12-10-28)33(30,31)20-13-17(24)7-8-19(20)25/h2-8,13-14H,9-12H2,1H3. The van der Waals surface area contributed by atoms with Crippen LogP contribution in [0.2, 0.25) is 0 Å². The highest BCUT2D eigenvalue weighted by molar-refractivity contribution is 7.89. The van der Waals surface area contributed by atoms with Crippen molar-refractivity contribution < 1.29 is 17.2 Å². The largest absolute Gasteiger partial charge is 0.353 e. The summed E-state index contributed by atoms with van der Waals surface area (Å²) in [5, 5.41) is 3.00. The van der Waals surface area contributed by atoms with Gasteiger partial charge in [0.05, 0.1) is 5.39 Å². The molecule has 0 saturated carbocycles. The summed E-state index contributed by atoms with van der Waals surface area (Å²) < 4.78 is 54.8. The SMILES string of the molecule is Cc1nc(N2CCN(S(=O)(=O)c3cc(F)ccc3F)CC2)c2c(-c3ccccc3)csc2n1. The van der Waals surface area contributed by atoms with E-state index in [-0.39, 0.29) is 13.1 Å². The van der Waals surface area contributed by atoms with Crippen molar-refractivity contribution in [1.82, 2.24) is 14.3 Å². The molecule has 6 nitrogen and oxygen atoms in total. The lowest BCUT2D eigenvalue weighted by molar-refractivity contribution is 0.381. The Morgan fingerprint density at radius 1 is 0.970 bits per heavy atom. The summed E-state index contributed by atoms with van der Waals surface area (Å²) in [5.74, 6) is -0.362. The third kappa shape index (κ3) is 3.98. The van der Waals surface area contributed by atoms with E-state index < -0.39 is 26.6 Å². The normalized spacial score (nSPS) is 15.3. The van der Waals surface area contributed by atoms with Gasteiger partial charge in [0.15, 0.2) is 0 Å². The van der Waals surface area contributed by atoms with E-state index in [0.717, 1.165) is 45.4 Å². The van der Waals surface area contributed by atoms with Gasteiger partial charge in [-0.25, -0.2) is 27.2 Å². The van der Waals surface area contributed by atoms with E-state index in [9.17, 15) is 17.2 Å². The van der Waals surface area contributed by atoms with Gasteiger partial charge < -0.3 is 4.90 Å². The Morgan fingerprint density at radius 3 is 2.42 bits per heavy atom. The number of thiophene rings is 1. The third-order valence-corrected chi connectivity index (χ3v) is 8.45. The number of nitrogens with zero attached hydrogens (tertiary/aromatic N) is 4. The molecule has 0 aliphatic carbocycles. The number of benzene rings is 2. The molecule has 2 aromatic carbocycles. The minimum absolute atomic E-state index is 0.133. The number of rotatable bonds is 4. The number of aromatic nitrogens is 2. The molecule has 0 unspecified atom stereocenters. The number of aryl methyl sites for hydroxylation is 1. The van der Waals surface area contributed by atoms with E-state index in [2.05, 4.69) is 10.4 Å². The van der Waals surface area contributed by atoms with Crippen LogP contribution in [0.4, 0.5) is 14.6 Å². The predicted octanol–water partition coefficient (Wildman–Crippen LogP) is 4.46. The molecule has 1 fully saturated rings. The zero-order valence-electron chi connectivity index (χ0n) is 17.7. The quantitative estimate of drug-likeness (QED) is 0.426. The second-order valence-electron chi connectivity index (χ2n) is 7.76. The van der Waals surface area contributed by atoms with Crippen LogP contribution in [-0.4, -0.2) is 48.9 Å². The monoisotopic (exact) mass is 486 g/mol. The van der Waals surface area contributed by atoms with Crippen LogP contribution in [-0.2, 0) is 10.0 Å². The van der Waals surface area contributed by atoms with Crippen molar-refractivity contribution in [3.63, 3.8) is 0 Å². The molecule has 0 bridgehead atoms. The zero-order valence-corrected chi connectivity index (χ0v) is 19.3. The number of hydrogen-bond donors (Lipinski definition) is 0. The maximum Gasteiger partial charge on any atom is 0.246 e. The van der Waals surface area contributed by atoms with Gasteiger partial charge >= 0.3 is 0 Å². The van der Waals surface area contributed by atoms with Crippen LogP contribution in [0, 0.1) is 18.6 Å². The molecule has 0 spiro atoms. The predicted molar refractivity (Wildman–Crippen MR) is 125 cm³/mol. The van der Waals surface area contributed by atoms with Gasteiger partial charge in [0.25, 0.3) is 0 Å². The second kappa shape index (κ2) is 8.44. The Kier molecular flexibility index (Phi) is 5.59. The van der Waals surface area contributed by atoms with Crippen molar-refractivity contribution in [2.45, 2.75) is 11.8 Å². The van der Waals surface area contributed by atoms with Crippen molar-refractivity contribution in [3.05, 3.63) is 71.4 Å². The molecule has 1 aliphatic heterocycles. The first-order valence-corrected chi connectivity index (χ1v) is 12.7. The van der Waals surface area contributed by atoms with Gasteiger partial charge in [-0.1, -0.05) is 30.3 Å². The minimum atomic E-state index is -4.15. The topological polar surface area (TPSA) is 66.4 Å². The van der Waals surface area contributed by atoms with Crippen LogP contribution < -0.4 is 4.90 Å². The van der Waals surface area contributed by atoms with E-state index in [1.54, 1.807) is 11.3 Å². The van der Waals surface area contributed by atoms with Crippen molar-refractivity contribution in [1.29, 1.82) is 0 Å². The van der Waals surface area contributed by atoms with Crippen molar-refractivity contribution in [2.24, 2.45) is 0 Å². The first-order valence-electron chi connectivity index (χ1n) is 10.4. The molecule has 10 heteroatoms. The average molecular weight is 487 g/mol. The summed E-state index contributed by atoms with van der Waals surface area (Å²) >= 11 is 1.54. The molecule has 1 aliphatic rings. The number of sulfonamides is 1.